The third-order valence-corrected chi connectivity index (χ3v) is 5.75. The molecule has 0 bridgehead atoms. The number of aromatic nitrogens is 1. The van der Waals surface area contributed by atoms with Gasteiger partial charge in [0.1, 0.15) is 11.5 Å². The Morgan fingerprint density at radius 3 is 2.50 bits per heavy atom. The van der Waals surface area contributed by atoms with Crippen LogP contribution in [0.4, 0.5) is 5.69 Å². The molecule has 0 amide bonds. The third kappa shape index (κ3) is 6.34. The first-order chi connectivity index (χ1) is 16.1. The maximum absolute atomic E-state index is 5.90. The lowest BCUT2D eigenvalue weighted by Gasteiger charge is -2.21. The molecule has 1 atom stereocenters. The van der Waals surface area contributed by atoms with E-state index in [4.69, 9.17) is 13.9 Å². The van der Waals surface area contributed by atoms with Gasteiger partial charge in [-0.2, -0.15) is 0 Å². The van der Waals surface area contributed by atoms with Crippen LogP contribution in [0.25, 0.3) is 11.3 Å². The first kappa shape index (κ1) is 25.7. The molecule has 2 N–H and O–H groups in total. The number of oxazole rings is 1. The Kier molecular flexibility index (Phi) is 9.03. The summed E-state index contributed by atoms with van der Waals surface area (Å²) in [7, 11) is 5.10. The van der Waals surface area contributed by atoms with Crippen LogP contribution in [0, 0.1) is 6.92 Å². The molecule has 1 aliphatic rings. The van der Waals surface area contributed by atoms with Crippen LogP contribution >= 0.6 is 24.0 Å². The van der Waals surface area contributed by atoms with Gasteiger partial charge in [-0.3, -0.25) is 4.99 Å². The van der Waals surface area contributed by atoms with Crippen molar-refractivity contribution in [3.05, 3.63) is 60.1 Å². The van der Waals surface area contributed by atoms with Crippen molar-refractivity contribution in [3.63, 3.8) is 0 Å². The zero-order valence-corrected chi connectivity index (χ0v) is 22.3. The van der Waals surface area contributed by atoms with Crippen molar-refractivity contribution in [3.8, 4) is 22.8 Å². The summed E-state index contributed by atoms with van der Waals surface area (Å²) in [5, 5.41) is 6.80. The van der Waals surface area contributed by atoms with Crippen LogP contribution in [0.3, 0.4) is 0 Å². The molecule has 1 fully saturated rings. The summed E-state index contributed by atoms with van der Waals surface area (Å²) in [6.45, 7) is 4.31. The van der Waals surface area contributed by atoms with E-state index in [1.54, 1.807) is 27.5 Å². The third-order valence-electron chi connectivity index (χ3n) is 5.75. The molecule has 3 aromatic rings. The van der Waals surface area contributed by atoms with Gasteiger partial charge in [0, 0.05) is 55.6 Å². The fourth-order valence-electron chi connectivity index (χ4n) is 3.88. The Morgan fingerprint density at radius 2 is 1.85 bits per heavy atom. The van der Waals surface area contributed by atoms with Crippen molar-refractivity contribution in [1.82, 2.24) is 15.6 Å². The van der Waals surface area contributed by atoms with Crippen LogP contribution in [0.2, 0.25) is 0 Å². The van der Waals surface area contributed by atoms with Gasteiger partial charge in [-0.1, -0.05) is 29.8 Å². The van der Waals surface area contributed by atoms with Crippen molar-refractivity contribution in [2.45, 2.75) is 25.9 Å². The van der Waals surface area contributed by atoms with E-state index in [2.05, 4.69) is 44.6 Å². The highest BCUT2D eigenvalue weighted by molar-refractivity contribution is 14.0. The summed E-state index contributed by atoms with van der Waals surface area (Å²) in [6, 6.07) is 14.4. The lowest BCUT2D eigenvalue weighted by molar-refractivity contribution is 0.394. The smallest absolute Gasteiger partial charge is 0.214 e. The number of hydrogen-bond acceptors (Lipinski definition) is 6. The molecule has 0 spiro atoms. The number of nitrogens with zero attached hydrogens (tertiary/aromatic N) is 3. The molecule has 182 valence electrons. The topological polar surface area (TPSA) is 84.2 Å². The minimum absolute atomic E-state index is 0. The van der Waals surface area contributed by atoms with Gasteiger partial charge in [0.05, 0.1) is 27.0 Å². The highest BCUT2D eigenvalue weighted by atomic mass is 127. The molecular weight excluding hydrogens is 545 g/mol. The average Bonchev–Trinajstić information content (AvgIpc) is 3.51. The molecule has 34 heavy (non-hydrogen) atoms. The quantitative estimate of drug-likeness (QED) is 0.247. The predicted molar refractivity (Wildman–Crippen MR) is 146 cm³/mol. The molecule has 1 aromatic heterocycles. The Labute approximate surface area is 217 Å². The van der Waals surface area contributed by atoms with E-state index >= 15 is 0 Å². The van der Waals surface area contributed by atoms with Crippen LogP contribution in [0.15, 0.2) is 58.1 Å². The molecule has 2 aromatic carbocycles. The van der Waals surface area contributed by atoms with Gasteiger partial charge in [0.25, 0.3) is 0 Å². The molecule has 1 unspecified atom stereocenters. The molecule has 2 heterocycles. The largest absolute Gasteiger partial charge is 0.497 e. The first-order valence-electron chi connectivity index (χ1n) is 11.0. The number of aliphatic imine (C=N–C) groups is 1. The second kappa shape index (κ2) is 12.0. The number of hydrogen-bond donors (Lipinski definition) is 2. The SMILES string of the molecule is CN=C(NCc1ncc(-c2ccc(C)cc2)o1)NC1CCN(c2cc(OC)cc(OC)c2)C1.I. The van der Waals surface area contributed by atoms with E-state index in [9.17, 15) is 0 Å². The summed E-state index contributed by atoms with van der Waals surface area (Å²) in [5.41, 5.74) is 3.31. The van der Waals surface area contributed by atoms with E-state index in [-0.39, 0.29) is 30.0 Å². The second-order valence-electron chi connectivity index (χ2n) is 8.06. The maximum atomic E-state index is 5.90. The fraction of sp³-hybridized carbons (Fsp3) is 0.360. The summed E-state index contributed by atoms with van der Waals surface area (Å²) < 4.78 is 16.7. The van der Waals surface area contributed by atoms with Crippen LogP contribution in [-0.2, 0) is 6.54 Å². The summed E-state index contributed by atoms with van der Waals surface area (Å²) in [5.74, 6) is 3.67. The van der Waals surface area contributed by atoms with Crippen LogP contribution in [-0.4, -0.2) is 51.3 Å². The number of anilines is 1. The van der Waals surface area contributed by atoms with Crippen LogP contribution in [0.5, 0.6) is 11.5 Å². The molecule has 1 aliphatic heterocycles. The zero-order valence-electron chi connectivity index (χ0n) is 20.0. The van der Waals surface area contributed by atoms with Crippen molar-refractivity contribution in [2.24, 2.45) is 4.99 Å². The van der Waals surface area contributed by atoms with Gasteiger partial charge >= 0.3 is 0 Å². The fourth-order valence-corrected chi connectivity index (χ4v) is 3.88. The molecule has 0 aliphatic carbocycles. The maximum Gasteiger partial charge on any atom is 0.214 e. The number of guanidine groups is 1. The van der Waals surface area contributed by atoms with Crippen molar-refractivity contribution in [2.75, 3.05) is 39.3 Å². The number of methoxy groups -OCH3 is 2. The van der Waals surface area contributed by atoms with Gasteiger partial charge in [-0.25, -0.2) is 4.98 Å². The average molecular weight is 577 g/mol. The highest BCUT2D eigenvalue weighted by Gasteiger charge is 2.24. The molecule has 1 saturated heterocycles. The predicted octanol–water partition coefficient (Wildman–Crippen LogP) is 4.23. The van der Waals surface area contributed by atoms with Crippen molar-refractivity contribution < 1.29 is 13.9 Å². The number of halogens is 1. The van der Waals surface area contributed by atoms with Crippen LogP contribution in [0.1, 0.15) is 17.9 Å². The highest BCUT2D eigenvalue weighted by Crippen LogP contribution is 2.30. The van der Waals surface area contributed by atoms with Gasteiger partial charge in [0.15, 0.2) is 11.7 Å². The summed E-state index contributed by atoms with van der Waals surface area (Å²) >= 11 is 0. The minimum Gasteiger partial charge on any atom is -0.497 e. The van der Waals surface area contributed by atoms with Gasteiger partial charge in [-0.15, -0.1) is 24.0 Å². The number of aryl methyl sites for hydroxylation is 1. The Morgan fingerprint density at radius 1 is 1.15 bits per heavy atom. The van der Waals surface area contributed by atoms with Gasteiger partial charge in [-0.05, 0) is 13.3 Å². The number of nitrogens with one attached hydrogen (secondary N) is 2. The Hall–Kier alpha value is -2.95. The molecule has 8 nitrogen and oxygen atoms in total. The van der Waals surface area contributed by atoms with Crippen molar-refractivity contribution in [1.29, 1.82) is 0 Å². The lowest BCUT2D eigenvalue weighted by atomic mass is 10.1. The second-order valence-corrected chi connectivity index (χ2v) is 8.06. The van der Waals surface area contributed by atoms with E-state index < -0.39 is 0 Å². The number of rotatable bonds is 7. The Bertz CT molecular complexity index is 1080. The van der Waals surface area contributed by atoms with Gasteiger partial charge in [0.2, 0.25) is 5.89 Å². The van der Waals surface area contributed by atoms with Gasteiger partial charge < -0.3 is 29.4 Å². The van der Waals surface area contributed by atoms with Crippen molar-refractivity contribution >= 4 is 35.6 Å². The van der Waals surface area contributed by atoms with E-state index in [1.807, 2.05) is 30.3 Å². The molecular formula is C25H32IN5O3. The number of benzene rings is 2. The standard InChI is InChI=1S/C25H31N5O3.HI/c1-17-5-7-18(8-6-17)23-14-27-24(33-23)15-28-25(26-2)29-19-9-10-30(16-19)20-11-21(31-3)13-22(12-20)32-4;/h5-8,11-14,19H,9-10,15-16H2,1-4H3,(H2,26,28,29);1H. The molecule has 0 radical (unpaired) electrons. The molecule has 9 heteroatoms. The first-order valence-corrected chi connectivity index (χ1v) is 11.0. The summed E-state index contributed by atoms with van der Waals surface area (Å²) in [4.78, 5) is 11.1. The number of ether oxygens (including phenoxy) is 2. The zero-order chi connectivity index (χ0) is 23.2. The van der Waals surface area contributed by atoms with E-state index in [1.165, 1.54) is 5.56 Å². The normalized spacial score (nSPS) is 15.6. The monoisotopic (exact) mass is 577 g/mol. The van der Waals surface area contributed by atoms with E-state index in [0.717, 1.165) is 54.0 Å². The lowest BCUT2D eigenvalue weighted by Crippen LogP contribution is -2.44. The molecule has 0 saturated carbocycles. The molecule has 4 rings (SSSR count). The van der Waals surface area contributed by atoms with Crippen LogP contribution < -0.4 is 25.0 Å². The van der Waals surface area contributed by atoms with E-state index in [0.29, 0.717) is 12.4 Å². The Balaban J connectivity index is 0.00000324. The minimum atomic E-state index is 0. The summed E-state index contributed by atoms with van der Waals surface area (Å²) in [6.07, 6.45) is 2.76.